The molecule has 0 aliphatic rings. The molecule has 4 heterocycles. The summed E-state index contributed by atoms with van der Waals surface area (Å²) in [5.41, 5.74) is 2.89. The van der Waals surface area contributed by atoms with Crippen molar-refractivity contribution in [3.05, 3.63) is 90.1 Å². The molecule has 4 aromatic heterocycles. The molecule has 0 spiro atoms. The van der Waals surface area contributed by atoms with Crippen LogP contribution in [0.15, 0.2) is 67.1 Å². The van der Waals surface area contributed by atoms with Gasteiger partial charge in [-0.3, -0.25) is 9.08 Å². The molecule has 0 unspecified atom stereocenters. The van der Waals surface area contributed by atoms with E-state index in [4.69, 9.17) is 0 Å². The van der Waals surface area contributed by atoms with Crippen LogP contribution in [0.25, 0.3) is 16.8 Å². The number of hydrogen-bond acceptors (Lipinski definition) is 5. The predicted molar refractivity (Wildman–Crippen MR) is 112 cm³/mol. The van der Waals surface area contributed by atoms with Crippen molar-refractivity contribution in [1.82, 2.24) is 29.4 Å². The van der Waals surface area contributed by atoms with Crippen LogP contribution in [0.3, 0.4) is 0 Å². The molecule has 5 rings (SSSR count). The molecule has 154 valence electrons. The minimum atomic E-state index is -0.605. The lowest BCUT2D eigenvalue weighted by atomic mass is 10.1. The average Bonchev–Trinajstić information content (AvgIpc) is 3.36. The molecule has 0 aliphatic carbocycles. The zero-order chi connectivity index (χ0) is 21.4. The van der Waals surface area contributed by atoms with E-state index in [-0.39, 0.29) is 6.42 Å². The van der Waals surface area contributed by atoms with Gasteiger partial charge < -0.3 is 5.32 Å². The Hall–Kier alpha value is -4.14. The summed E-state index contributed by atoms with van der Waals surface area (Å²) in [5, 5.41) is 15.8. The maximum absolute atomic E-state index is 14.0. The first-order valence-electron chi connectivity index (χ1n) is 9.56. The second-order valence-corrected chi connectivity index (χ2v) is 7.07. The van der Waals surface area contributed by atoms with E-state index < -0.39 is 11.6 Å². The molecule has 7 nitrogen and oxygen atoms in total. The van der Waals surface area contributed by atoms with Crippen LogP contribution < -0.4 is 5.32 Å². The third kappa shape index (κ3) is 3.73. The summed E-state index contributed by atoms with van der Waals surface area (Å²) >= 11 is 0. The molecule has 9 heteroatoms. The number of aromatic nitrogens is 6. The maximum Gasteiger partial charge on any atom is 0.161 e. The van der Waals surface area contributed by atoms with E-state index in [1.54, 1.807) is 21.5 Å². The lowest BCUT2D eigenvalue weighted by Gasteiger charge is -2.08. The van der Waals surface area contributed by atoms with Crippen molar-refractivity contribution in [2.24, 2.45) is 7.05 Å². The molecule has 0 saturated heterocycles. The van der Waals surface area contributed by atoms with Gasteiger partial charge in [-0.1, -0.05) is 6.07 Å². The summed E-state index contributed by atoms with van der Waals surface area (Å²) in [7, 11) is 1.85. The van der Waals surface area contributed by atoms with Gasteiger partial charge in [0, 0.05) is 38.0 Å². The Morgan fingerprint density at radius 2 is 1.81 bits per heavy atom. The summed E-state index contributed by atoms with van der Waals surface area (Å²) in [6.07, 6.45) is 5.49. The van der Waals surface area contributed by atoms with Crippen molar-refractivity contribution >= 4 is 17.3 Å². The van der Waals surface area contributed by atoms with Crippen LogP contribution in [-0.2, 0) is 13.5 Å². The van der Waals surface area contributed by atoms with Gasteiger partial charge in [-0.05, 0) is 47.0 Å². The summed E-state index contributed by atoms with van der Waals surface area (Å²) in [6, 6.07) is 13.1. The van der Waals surface area contributed by atoms with Crippen LogP contribution in [0, 0.1) is 11.6 Å². The van der Waals surface area contributed by atoms with Gasteiger partial charge in [0.2, 0.25) is 0 Å². The fourth-order valence-electron chi connectivity index (χ4n) is 3.38. The first kappa shape index (κ1) is 18.9. The van der Waals surface area contributed by atoms with Gasteiger partial charge in [0.15, 0.2) is 5.65 Å². The zero-order valence-corrected chi connectivity index (χ0v) is 16.5. The zero-order valence-electron chi connectivity index (χ0n) is 16.5. The Labute approximate surface area is 176 Å². The van der Waals surface area contributed by atoms with Gasteiger partial charge in [0.25, 0.3) is 0 Å². The SMILES string of the molecule is Cn1nccc1Nc1cc(-c2ccn3c(Cc4ccc(F)cc4F)nnc3c2)ccn1. The Balaban J connectivity index is 1.43. The number of benzene rings is 1. The number of fused-ring (bicyclic) bond motifs is 1. The maximum atomic E-state index is 14.0. The largest absolute Gasteiger partial charge is 0.325 e. The number of nitrogens with one attached hydrogen (secondary N) is 1. The number of rotatable bonds is 5. The monoisotopic (exact) mass is 417 g/mol. The van der Waals surface area contributed by atoms with Crippen LogP contribution in [-0.4, -0.2) is 29.4 Å². The number of halogens is 2. The van der Waals surface area contributed by atoms with Crippen molar-refractivity contribution in [1.29, 1.82) is 0 Å². The third-order valence-electron chi connectivity index (χ3n) is 5.01. The minimum Gasteiger partial charge on any atom is -0.325 e. The van der Waals surface area contributed by atoms with Crippen molar-refractivity contribution in [2.45, 2.75) is 6.42 Å². The molecule has 0 saturated carbocycles. The number of pyridine rings is 2. The average molecular weight is 417 g/mol. The normalized spacial score (nSPS) is 11.2. The summed E-state index contributed by atoms with van der Waals surface area (Å²) in [5.74, 6) is 0.885. The molecule has 0 amide bonds. The van der Waals surface area contributed by atoms with Gasteiger partial charge in [0.05, 0.1) is 6.20 Å². The van der Waals surface area contributed by atoms with Gasteiger partial charge >= 0.3 is 0 Å². The molecule has 0 fully saturated rings. The van der Waals surface area contributed by atoms with Crippen LogP contribution in [0.1, 0.15) is 11.4 Å². The minimum absolute atomic E-state index is 0.209. The molecule has 1 N–H and O–H groups in total. The van der Waals surface area contributed by atoms with E-state index in [1.807, 2.05) is 43.6 Å². The summed E-state index contributed by atoms with van der Waals surface area (Å²) < 4.78 is 30.7. The topological polar surface area (TPSA) is 72.9 Å². The molecule has 0 atom stereocenters. The highest BCUT2D eigenvalue weighted by atomic mass is 19.1. The predicted octanol–water partition coefficient (Wildman–Crippen LogP) is 4.14. The van der Waals surface area contributed by atoms with Crippen LogP contribution in [0.4, 0.5) is 20.4 Å². The molecule has 1 aromatic carbocycles. The fourth-order valence-corrected chi connectivity index (χ4v) is 3.38. The number of anilines is 2. The van der Waals surface area contributed by atoms with Crippen molar-refractivity contribution in [3.8, 4) is 11.1 Å². The van der Waals surface area contributed by atoms with E-state index in [0.29, 0.717) is 22.9 Å². The van der Waals surface area contributed by atoms with E-state index in [2.05, 4.69) is 25.6 Å². The third-order valence-corrected chi connectivity index (χ3v) is 5.01. The molecule has 5 aromatic rings. The highest BCUT2D eigenvalue weighted by Crippen LogP contribution is 2.24. The smallest absolute Gasteiger partial charge is 0.161 e. The van der Waals surface area contributed by atoms with Crippen LogP contribution in [0.2, 0.25) is 0 Å². The molecule has 0 radical (unpaired) electrons. The Morgan fingerprint density at radius 1 is 0.935 bits per heavy atom. The van der Waals surface area contributed by atoms with Gasteiger partial charge in [-0.15, -0.1) is 10.2 Å². The van der Waals surface area contributed by atoms with Crippen LogP contribution in [0.5, 0.6) is 0 Å². The molecule has 31 heavy (non-hydrogen) atoms. The Bertz CT molecular complexity index is 1390. The number of aryl methyl sites for hydroxylation is 1. The van der Waals surface area contributed by atoms with E-state index in [0.717, 1.165) is 23.0 Å². The summed E-state index contributed by atoms with van der Waals surface area (Å²) in [4.78, 5) is 4.36. The number of hydrogen-bond donors (Lipinski definition) is 1. The fraction of sp³-hybridized carbons (Fsp3) is 0.0909. The lowest BCUT2D eigenvalue weighted by molar-refractivity contribution is 0.573. The first-order valence-corrected chi connectivity index (χ1v) is 9.56. The highest BCUT2D eigenvalue weighted by Gasteiger charge is 2.12. The number of nitrogens with zero attached hydrogens (tertiary/aromatic N) is 6. The highest BCUT2D eigenvalue weighted by molar-refractivity contribution is 5.70. The van der Waals surface area contributed by atoms with E-state index >= 15 is 0 Å². The second-order valence-electron chi connectivity index (χ2n) is 7.07. The Kier molecular flexibility index (Phi) is 4.62. The van der Waals surface area contributed by atoms with Crippen molar-refractivity contribution < 1.29 is 8.78 Å². The Morgan fingerprint density at radius 3 is 2.61 bits per heavy atom. The van der Waals surface area contributed by atoms with E-state index in [1.165, 1.54) is 12.1 Å². The van der Waals surface area contributed by atoms with Gasteiger partial charge in [0.1, 0.15) is 29.1 Å². The molecular weight excluding hydrogens is 400 g/mol. The lowest BCUT2D eigenvalue weighted by Crippen LogP contribution is -2.00. The van der Waals surface area contributed by atoms with E-state index in [9.17, 15) is 8.78 Å². The second kappa shape index (κ2) is 7.60. The van der Waals surface area contributed by atoms with Crippen molar-refractivity contribution in [2.75, 3.05) is 5.32 Å². The summed E-state index contributed by atoms with van der Waals surface area (Å²) in [6.45, 7) is 0. The molecular formula is C22H17F2N7. The van der Waals surface area contributed by atoms with Gasteiger partial charge in [-0.2, -0.15) is 5.10 Å². The molecule has 0 bridgehead atoms. The standard InChI is InChI=1S/C22H17F2N7/c1-30-20(5-8-26-30)27-19-10-14(4-7-25-19)15-6-9-31-21(11-15)28-29-22(31)12-16-2-3-17(23)13-18(16)24/h2-11,13H,12H2,1H3,(H,25,27). The van der Waals surface area contributed by atoms with Crippen LogP contribution >= 0.6 is 0 Å². The quantitative estimate of drug-likeness (QED) is 0.465. The van der Waals surface area contributed by atoms with Gasteiger partial charge in [-0.25, -0.2) is 13.8 Å². The first-order chi connectivity index (χ1) is 15.1. The van der Waals surface area contributed by atoms with Crippen molar-refractivity contribution in [3.63, 3.8) is 0 Å². The molecule has 0 aliphatic heterocycles.